The van der Waals surface area contributed by atoms with Crippen LogP contribution in [0, 0.1) is 5.82 Å². The van der Waals surface area contributed by atoms with Crippen molar-refractivity contribution in [2.24, 2.45) is 0 Å². The number of rotatable bonds is 5. The number of halogens is 3. The van der Waals surface area contributed by atoms with Crippen molar-refractivity contribution >= 4 is 50.8 Å². The van der Waals surface area contributed by atoms with Gasteiger partial charge in [0.15, 0.2) is 5.43 Å². The summed E-state index contributed by atoms with van der Waals surface area (Å²) >= 11 is 13.3. The second-order valence-corrected chi connectivity index (χ2v) is 10.0. The van der Waals surface area contributed by atoms with Crippen molar-refractivity contribution < 1.29 is 4.39 Å². The lowest BCUT2D eigenvalue weighted by Gasteiger charge is -2.24. The number of nitrogens with one attached hydrogen (secondary N) is 2. The predicted octanol–water partition coefficient (Wildman–Crippen LogP) is 6.91. The van der Waals surface area contributed by atoms with E-state index < -0.39 is 11.9 Å². The Morgan fingerprint density at radius 3 is 2.52 bits per heavy atom. The van der Waals surface area contributed by atoms with E-state index in [2.05, 4.69) is 20.3 Å². The summed E-state index contributed by atoms with van der Waals surface area (Å²) in [5, 5.41) is 4.88. The predicted molar refractivity (Wildman–Crippen MR) is 157 cm³/mol. The van der Waals surface area contributed by atoms with Crippen molar-refractivity contribution in [2.75, 3.05) is 5.32 Å². The van der Waals surface area contributed by atoms with E-state index in [1.165, 1.54) is 35.3 Å². The molecule has 2 N–H and O–H groups in total. The van der Waals surface area contributed by atoms with E-state index in [9.17, 15) is 14.0 Å². The van der Waals surface area contributed by atoms with E-state index in [0.29, 0.717) is 49.8 Å². The van der Waals surface area contributed by atoms with Gasteiger partial charge in [-0.2, -0.15) is 0 Å². The van der Waals surface area contributed by atoms with Gasteiger partial charge >= 0.3 is 0 Å². The number of aromatic nitrogens is 4. The maximum atomic E-state index is 14.4. The average Bonchev–Trinajstić information content (AvgIpc) is 2.94. The number of fused-ring (bicyclic) bond motifs is 2. The van der Waals surface area contributed by atoms with Crippen molar-refractivity contribution in [3.63, 3.8) is 0 Å². The molecule has 7 nitrogen and oxygen atoms in total. The lowest BCUT2D eigenvalue weighted by Crippen LogP contribution is -2.27. The monoisotopic (exact) mass is 571 g/mol. The Balaban J connectivity index is 1.63. The van der Waals surface area contributed by atoms with Gasteiger partial charge in [0.1, 0.15) is 29.0 Å². The van der Waals surface area contributed by atoms with Crippen LogP contribution >= 0.6 is 23.2 Å². The summed E-state index contributed by atoms with van der Waals surface area (Å²) < 4.78 is 15.8. The van der Waals surface area contributed by atoms with Crippen LogP contribution in [-0.4, -0.2) is 19.5 Å². The lowest BCUT2D eigenvalue weighted by atomic mass is 9.97. The maximum Gasteiger partial charge on any atom is 0.263 e. The minimum absolute atomic E-state index is 0.211. The standard InChI is InChI=1S/C30H20Cl2FN5O2/c1-16(37-29-25-23(39)10-11-34-28(25)35-15-36-29)27-26(32)22-9-5-8-21(17-12-18(31)14-19(33)13-17)24(22)30(40)38(27)20-6-3-2-4-7-20/h2-16H,1H3,(H2,34,35,36,37,39)/t16-/m0/s1. The molecule has 3 aromatic carbocycles. The van der Waals surface area contributed by atoms with Crippen LogP contribution in [0.3, 0.4) is 0 Å². The molecule has 1 atom stereocenters. The SMILES string of the molecule is C[C@H](Nc1ncnc2[nH]ccc(=O)c12)c1c(Cl)c2cccc(-c3cc(F)cc(Cl)c3)c2c(=O)n1-c1ccccc1. The molecule has 0 bridgehead atoms. The Hall–Kier alpha value is -4.53. The molecule has 0 aliphatic rings. The number of benzene rings is 3. The van der Waals surface area contributed by atoms with Gasteiger partial charge in [-0.1, -0.05) is 59.6 Å². The van der Waals surface area contributed by atoms with Gasteiger partial charge in [0, 0.05) is 28.4 Å². The molecule has 6 aromatic rings. The van der Waals surface area contributed by atoms with Gasteiger partial charge in [-0.3, -0.25) is 14.2 Å². The van der Waals surface area contributed by atoms with Crippen LogP contribution in [0.1, 0.15) is 18.7 Å². The number of aromatic amines is 1. The van der Waals surface area contributed by atoms with Gasteiger partial charge in [0.05, 0.1) is 22.1 Å². The zero-order valence-electron chi connectivity index (χ0n) is 21.0. The topological polar surface area (TPSA) is 92.7 Å². The molecule has 10 heteroatoms. The molecule has 0 radical (unpaired) electrons. The van der Waals surface area contributed by atoms with Crippen LogP contribution in [0.5, 0.6) is 0 Å². The summed E-state index contributed by atoms with van der Waals surface area (Å²) in [5.74, 6) is -0.221. The largest absolute Gasteiger partial charge is 0.361 e. The molecular formula is C30H20Cl2FN5O2. The molecule has 0 aliphatic carbocycles. The third-order valence-electron chi connectivity index (χ3n) is 6.68. The molecule has 3 heterocycles. The van der Waals surface area contributed by atoms with Crippen molar-refractivity contribution in [1.82, 2.24) is 19.5 Å². The molecule has 0 aliphatic heterocycles. The molecule has 0 fully saturated rings. The van der Waals surface area contributed by atoms with E-state index >= 15 is 0 Å². The summed E-state index contributed by atoms with van der Waals surface area (Å²) in [4.78, 5) is 38.4. The first-order valence-corrected chi connectivity index (χ1v) is 13.1. The normalized spacial score (nSPS) is 12.1. The number of nitrogens with zero attached hydrogens (tertiary/aromatic N) is 3. The van der Waals surface area contributed by atoms with Gasteiger partial charge in [0.2, 0.25) is 0 Å². The van der Waals surface area contributed by atoms with Crippen LogP contribution in [0.25, 0.3) is 38.6 Å². The minimum Gasteiger partial charge on any atom is -0.361 e. The number of pyridine rings is 2. The Labute approximate surface area is 236 Å². The molecule has 0 saturated carbocycles. The number of anilines is 1. The smallest absolute Gasteiger partial charge is 0.263 e. The summed E-state index contributed by atoms with van der Waals surface area (Å²) in [7, 11) is 0. The van der Waals surface area contributed by atoms with E-state index in [1.807, 2.05) is 25.1 Å². The van der Waals surface area contributed by atoms with Crippen LogP contribution in [0.2, 0.25) is 10.0 Å². The highest BCUT2D eigenvalue weighted by atomic mass is 35.5. The number of para-hydroxylation sites is 1. The molecule has 0 saturated heterocycles. The molecule has 0 unspecified atom stereocenters. The molecule has 40 heavy (non-hydrogen) atoms. The second-order valence-electron chi connectivity index (χ2n) is 9.22. The summed E-state index contributed by atoms with van der Waals surface area (Å²) in [6, 6.07) is 19.3. The maximum absolute atomic E-state index is 14.4. The minimum atomic E-state index is -0.588. The van der Waals surface area contributed by atoms with Gasteiger partial charge in [0.25, 0.3) is 5.56 Å². The molecule has 3 aromatic heterocycles. The third-order valence-corrected chi connectivity index (χ3v) is 7.30. The number of H-pyrrole nitrogens is 1. The molecule has 0 amide bonds. The molecule has 6 rings (SSSR count). The molecule has 198 valence electrons. The average molecular weight is 572 g/mol. The van der Waals surface area contributed by atoms with Crippen LogP contribution in [0.4, 0.5) is 10.2 Å². The first-order chi connectivity index (χ1) is 19.3. The zero-order valence-corrected chi connectivity index (χ0v) is 22.5. The highest BCUT2D eigenvalue weighted by Crippen LogP contribution is 2.37. The first kappa shape index (κ1) is 25.7. The second kappa shape index (κ2) is 10.2. The highest BCUT2D eigenvalue weighted by Gasteiger charge is 2.24. The Morgan fingerprint density at radius 1 is 0.950 bits per heavy atom. The summed E-state index contributed by atoms with van der Waals surface area (Å²) in [5.41, 5.74) is 1.75. The van der Waals surface area contributed by atoms with Gasteiger partial charge in [-0.15, -0.1) is 0 Å². The van der Waals surface area contributed by atoms with Gasteiger partial charge < -0.3 is 10.3 Å². The summed E-state index contributed by atoms with van der Waals surface area (Å²) in [6.45, 7) is 1.83. The van der Waals surface area contributed by atoms with Crippen molar-refractivity contribution in [3.8, 4) is 16.8 Å². The quantitative estimate of drug-likeness (QED) is 0.234. The fourth-order valence-electron chi connectivity index (χ4n) is 4.98. The van der Waals surface area contributed by atoms with Crippen LogP contribution in [-0.2, 0) is 0 Å². The van der Waals surface area contributed by atoms with Crippen molar-refractivity contribution in [2.45, 2.75) is 13.0 Å². The van der Waals surface area contributed by atoms with Crippen LogP contribution < -0.4 is 16.3 Å². The van der Waals surface area contributed by atoms with Gasteiger partial charge in [-0.05, 0) is 48.4 Å². The fraction of sp³-hybridized carbons (Fsp3) is 0.0667. The highest BCUT2D eigenvalue weighted by molar-refractivity contribution is 6.36. The van der Waals surface area contributed by atoms with E-state index in [4.69, 9.17) is 23.2 Å². The first-order valence-electron chi connectivity index (χ1n) is 12.3. The molecule has 0 spiro atoms. The fourth-order valence-corrected chi connectivity index (χ4v) is 5.61. The Kier molecular flexibility index (Phi) is 6.57. The van der Waals surface area contributed by atoms with Crippen LogP contribution in [0.15, 0.2) is 94.9 Å². The lowest BCUT2D eigenvalue weighted by molar-refractivity contribution is 0.628. The zero-order chi connectivity index (χ0) is 28.0. The van der Waals surface area contributed by atoms with E-state index in [1.54, 1.807) is 36.4 Å². The Morgan fingerprint density at radius 2 is 1.75 bits per heavy atom. The van der Waals surface area contributed by atoms with E-state index in [0.717, 1.165) is 0 Å². The van der Waals surface area contributed by atoms with Crippen molar-refractivity contribution in [3.05, 3.63) is 127 Å². The Bertz CT molecular complexity index is 2020. The van der Waals surface area contributed by atoms with Gasteiger partial charge in [-0.25, -0.2) is 14.4 Å². The molecular weight excluding hydrogens is 552 g/mol. The number of hydrogen-bond donors (Lipinski definition) is 2. The van der Waals surface area contributed by atoms with E-state index in [-0.39, 0.29) is 21.4 Å². The summed E-state index contributed by atoms with van der Waals surface area (Å²) in [6.07, 6.45) is 2.86. The number of hydrogen-bond acceptors (Lipinski definition) is 5. The van der Waals surface area contributed by atoms with Crippen molar-refractivity contribution in [1.29, 1.82) is 0 Å². The third kappa shape index (κ3) is 4.41.